The molecule has 0 nitrogen and oxygen atoms in total. The van der Waals surface area contributed by atoms with Crippen LogP contribution in [0.5, 0.6) is 0 Å². The first-order valence-corrected chi connectivity index (χ1v) is 50.5. The third-order valence-corrected chi connectivity index (χ3v) is 18.4. The molecule has 132 heavy (non-hydrogen) atoms. The monoisotopic (exact) mass is 1760 g/mol. The second-order valence-electron chi connectivity index (χ2n) is 25.3. The Balaban J connectivity index is -0.000000749. The summed E-state index contributed by atoms with van der Waals surface area (Å²) in [4.78, 5) is 0. The molecule has 0 atom stereocenters. The number of aryl methyl sites for hydroxylation is 4. The third kappa shape index (κ3) is 42.6. The minimum absolute atomic E-state index is 1.25. The zero-order valence-corrected chi connectivity index (χ0v) is 89.3. The molecule has 0 bridgehead atoms. The average Bonchev–Trinajstić information content (AvgIpc) is 0.796. The molecule has 0 fully saturated rings. The van der Waals surface area contributed by atoms with Crippen molar-refractivity contribution in [3.05, 3.63) is 435 Å². The molecule has 0 N–H and O–H groups in total. The Labute approximate surface area is 812 Å². The predicted molar refractivity (Wildman–Crippen MR) is 612 cm³/mol. The van der Waals surface area contributed by atoms with E-state index in [0.29, 0.717) is 0 Å². The van der Waals surface area contributed by atoms with Gasteiger partial charge in [-0.2, -0.15) is 0 Å². The van der Waals surface area contributed by atoms with E-state index in [4.69, 9.17) is 0 Å². The second-order valence-corrected chi connectivity index (χ2v) is 25.3. The van der Waals surface area contributed by atoms with Crippen LogP contribution in [0.4, 0.5) is 0 Å². The summed E-state index contributed by atoms with van der Waals surface area (Å²) in [6.45, 7) is 72.6. The number of benzene rings is 16. The summed E-state index contributed by atoms with van der Waals surface area (Å²) in [6, 6.07) is 147. The van der Waals surface area contributed by atoms with E-state index in [2.05, 4.69) is 440 Å². The Hall–Kier alpha value is -12.5. The maximum atomic E-state index is 2.30. The van der Waals surface area contributed by atoms with Gasteiger partial charge in [0.25, 0.3) is 0 Å². The molecule has 0 aliphatic rings. The Bertz CT molecular complexity index is 5300. The molecule has 16 rings (SSSR count). The molecule has 704 valence electrons. The maximum absolute atomic E-state index is 2.30. The van der Waals surface area contributed by atoms with Gasteiger partial charge in [-0.25, -0.2) is 0 Å². The molecule has 16 aromatic rings. The lowest BCUT2D eigenvalue weighted by Crippen LogP contribution is -1.89. The highest BCUT2D eigenvalue weighted by atomic mass is 14.2. The van der Waals surface area contributed by atoms with Crippen LogP contribution in [-0.2, 0) is 0 Å². The Morgan fingerprint density at radius 3 is 0.462 bits per heavy atom. The van der Waals surface area contributed by atoms with E-state index < -0.39 is 0 Å². The van der Waals surface area contributed by atoms with Crippen molar-refractivity contribution < 1.29 is 0 Å². The van der Waals surface area contributed by atoms with Gasteiger partial charge in [-0.3, -0.25) is 0 Å². The van der Waals surface area contributed by atoms with Crippen LogP contribution in [0.1, 0.15) is 244 Å². The Morgan fingerprint density at radius 2 is 0.227 bits per heavy atom. The van der Waals surface area contributed by atoms with Crippen LogP contribution in [0.3, 0.4) is 0 Å². The van der Waals surface area contributed by atoms with Gasteiger partial charge in [0.1, 0.15) is 0 Å². The van der Waals surface area contributed by atoms with Crippen LogP contribution in [-0.4, -0.2) is 0 Å². The predicted octanol–water partition coefficient (Wildman–Crippen LogP) is 44.4. The van der Waals surface area contributed by atoms with Crippen molar-refractivity contribution in [1.29, 1.82) is 0 Å². The van der Waals surface area contributed by atoms with Gasteiger partial charge in [-0.1, -0.05) is 621 Å². The van der Waals surface area contributed by atoms with Gasteiger partial charge in [-0.15, -0.1) is 0 Å². The van der Waals surface area contributed by atoms with E-state index in [1.54, 1.807) is 0 Å². The van der Waals surface area contributed by atoms with E-state index in [1.807, 2.05) is 222 Å². The van der Waals surface area contributed by atoms with Crippen molar-refractivity contribution in [2.24, 2.45) is 0 Å². The fourth-order valence-corrected chi connectivity index (χ4v) is 13.1. The number of rotatable bonds is 12. The van der Waals surface area contributed by atoms with Crippen molar-refractivity contribution in [3.63, 3.8) is 0 Å². The van der Waals surface area contributed by atoms with Gasteiger partial charge >= 0.3 is 0 Å². The summed E-state index contributed by atoms with van der Waals surface area (Å²) in [5, 5.41) is 0. The van der Waals surface area contributed by atoms with E-state index in [1.165, 1.54) is 156 Å². The van der Waals surface area contributed by atoms with Crippen molar-refractivity contribution in [1.82, 2.24) is 0 Å². The van der Waals surface area contributed by atoms with Crippen molar-refractivity contribution in [3.8, 4) is 134 Å². The fourth-order valence-electron chi connectivity index (χ4n) is 13.1. The third-order valence-electron chi connectivity index (χ3n) is 18.4. The minimum atomic E-state index is 1.25. The van der Waals surface area contributed by atoms with Crippen LogP contribution in [0, 0.1) is 27.7 Å². The molecule has 0 saturated carbocycles. The normalized spacial score (nSPS) is 8.76. The number of hydrogen-bond acceptors (Lipinski definition) is 0. The zero-order chi connectivity index (χ0) is 100. The highest BCUT2D eigenvalue weighted by molar-refractivity contribution is 5.92. The van der Waals surface area contributed by atoms with Crippen LogP contribution in [0.25, 0.3) is 134 Å². The lowest BCUT2D eigenvalue weighted by atomic mass is 9.89. The van der Waals surface area contributed by atoms with Crippen molar-refractivity contribution in [2.75, 3.05) is 0 Å². The summed E-state index contributed by atoms with van der Waals surface area (Å²) >= 11 is 0. The first kappa shape index (κ1) is 126. The van der Waals surface area contributed by atoms with E-state index in [0.717, 1.165) is 0 Å². The summed E-state index contributed by atoms with van der Waals surface area (Å²) in [7, 11) is 0. The largest absolute Gasteiger partial charge is 0.0683 e. The summed E-state index contributed by atoms with van der Waals surface area (Å²) in [5.74, 6) is 0. The van der Waals surface area contributed by atoms with Gasteiger partial charge in [0.2, 0.25) is 0 Å². The molecule has 0 spiro atoms. The van der Waals surface area contributed by atoms with Gasteiger partial charge < -0.3 is 0 Å². The number of hydrogen-bond donors (Lipinski definition) is 0. The molecule has 0 unspecified atom stereocenters. The molecule has 0 amide bonds. The Kier molecular flexibility index (Phi) is 80.1. The lowest BCUT2D eigenvalue weighted by molar-refractivity contribution is 1.46. The average molecular weight is 1760 g/mol. The fraction of sp³-hybridized carbons (Fsp3) is 0.273. The highest BCUT2D eigenvalue weighted by Gasteiger charge is 2.15. The lowest BCUT2D eigenvalue weighted by Gasteiger charge is -2.14. The first-order valence-electron chi connectivity index (χ1n) is 50.5. The Morgan fingerprint density at radius 1 is 0.0909 bits per heavy atom. The summed E-state index contributed by atoms with van der Waals surface area (Å²) in [5.41, 5.74) is 35.4. The molecule has 16 aromatic carbocycles. The standard InChI is InChI=1S/4C25H20.16C2H6/c1-19-15-17-21(18-16-19)23-12-6-8-14-25(23)24-13-7-5-11-22(24)20-9-3-2-4-10-20;1-19-9-5-6-16-25(19)24-15-8-14-23(18-24)22-13-7-12-21(17-22)20-10-3-2-4-11-20;1-19-10-5-6-15-23(19)21-13-9-14-22(18-21)25-17-8-7-16-24(25)20-11-3-2-4-12-20;1-19-14-16-21(17-15-19)24-12-5-6-13-25(24)23-11-7-10-22(18-23)20-8-3-2-4-9-20;16*1-2/h4*2-18H,1H3;16*1-2H3. The molecule has 0 aromatic heterocycles. The van der Waals surface area contributed by atoms with Gasteiger partial charge in [0, 0.05) is 0 Å². The van der Waals surface area contributed by atoms with Crippen molar-refractivity contribution in [2.45, 2.75) is 249 Å². The SMILES string of the molecule is CC.CC.CC.CC.CC.CC.CC.CC.CC.CC.CC.CC.CC.CC.CC.CC.Cc1ccc(-c2ccccc2-c2cccc(-c3ccccc3)c2)cc1.Cc1ccc(-c2ccccc2-c2ccccc2-c2ccccc2)cc1.Cc1ccccc1-c1cccc(-c2cccc(-c3ccccc3)c2)c1.Cc1ccccc1-c1cccc(-c2ccccc2-c2ccccc2)c1. The molecular weight excluding hydrogens is 1590 g/mol. The van der Waals surface area contributed by atoms with Gasteiger partial charge in [0.05, 0.1) is 0 Å². The van der Waals surface area contributed by atoms with Gasteiger partial charge in [-0.05, 0) is 197 Å². The van der Waals surface area contributed by atoms with Crippen LogP contribution in [0.15, 0.2) is 413 Å². The molecular formula is C132H176. The summed E-state index contributed by atoms with van der Waals surface area (Å²) in [6.07, 6.45) is 0. The highest BCUT2D eigenvalue weighted by Crippen LogP contribution is 2.40. The molecule has 0 aliphatic carbocycles. The zero-order valence-electron chi connectivity index (χ0n) is 89.3. The van der Waals surface area contributed by atoms with Crippen LogP contribution in [0.2, 0.25) is 0 Å². The molecule has 0 heterocycles. The minimum Gasteiger partial charge on any atom is -0.0683 e. The van der Waals surface area contributed by atoms with Crippen LogP contribution >= 0.6 is 0 Å². The first-order chi connectivity index (χ1) is 65.3. The second kappa shape index (κ2) is 84.1. The molecule has 0 aliphatic heterocycles. The van der Waals surface area contributed by atoms with Gasteiger partial charge in [0.15, 0.2) is 0 Å². The molecule has 0 radical (unpaired) electrons. The quantitative estimate of drug-likeness (QED) is 0.114. The molecule has 0 heteroatoms. The van der Waals surface area contributed by atoms with Crippen molar-refractivity contribution >= 4 is 0 Å². The van der Waals surface area contributed by atoms with E-state index >= 15 is 0 Å². The smallest absolute Gasteiger partial charge is 0.00992 e. The van der Waals surface area contributed by atoms with Crippen LogP contribution < -0.4 is 0 Å². The molecule has 0 saturated heterocycles. The van der Waals surface area contributed by atoms with E-state index in [-0.39, 0.29) is 0 Å². The van der Waals surface area contributed by atoms with E-state index in [9.17, 15) is 0 Å². The maximum Gasteiger partial charge on any atom is -0.00992 e. The topological polar surface area (TPSA) is 0 Å². The summed E-state index contributed by atoms with van der Waals surface area (Å²) < 4.78 is 0.